The Balaban J connectivity index is 0.000000666. The number of carbonyl (C=O) groups excluding carboxylic acids is 2. The maximum absolute atomic E-state index is 11.4. The first-order chi connectivity index (χ1) is 29.0. The number of benzene rings is 2. The van der Waals surface area contributed by atoms with E-state index in [0.29, 0.717) is 11.1 Å². The van der Waals surface area contributed by atoms with Crippen molar-refractivity contribution in [2.75, 3.05) is 0 Å². The standard InChI is InChI=1S/C18H16O4.2C18H37.Sn/c19-17(20)15(11-13-7-3-1-4-8-13)16(18(21)22)12-14-9-5-2-6-10-14;2*1-3-5-7-9-11-13-15-17-18-16-14-12-10-8-6-4-2;/h1-10H,11-12H2,(H,19,20)(H,21,22);2*1,3-18H2,2H3;/q;;;+2/p-2/b16-15-;;;. The van der Waals surface area contributed by atoms with Crippen LogP contribution in [0, 0.1) is 0 Å². The second kappa shape index (κ2) is 42.6. The predicted octanol–water partition coefficient (Wildman–Crippen LogP) is 14.3. The Labute approximate surface area is 374 Å². The Morgan fingerprint density at radius 3 is 0.797 bits per heavy atom. The molecule has 0 bridgehead atoms. The van der Waals surface area contributed by atoms with Gasteiger partial charge in [0, 0.05) is 0 Å². The molecule has 0 spiro atoms. The van der Waals surface area contributed by atoms with Crippen LogP contribution in [0.1, 0.15) is 230 Å². The first kappa shape index (κ1) is 54.9. The van der Waals surface area contributed by atoms with Gasteiger partial charge in [-0.05, 0) is 35.1 Å². The van der Waals surface area contributed by atoms with Crippen LogP contribution in [0.4, 0.5) is 0 Å². The van der Waals surface area contributed by atoms with Crippen LogP contribution in [0.25, 0.3) is 0 Å². The van der Waals surface area contributed by atoms with Crippen molar-refractivity contribution in [1.82, 2.24) is 0 Å². The van der Waals surface area contributed by atoms with Crippen molar-refractivity contribution in [3.05, 3.63) is 82.9 Å². The van der Waals surface area contributed by atoms with E-state index in [-0.39, 0.29) is 45.1 Å². The molecule has 5 heteroatoms. The Morgan fingerprint density at radius 2 is 0.576 bits per heavy atom. The molecule has 0 aromatic heterocycles. The van der Waals surface area contributed by atoms with Crippen LogP contribution in [0.5, 0.6) is 0 Å². The molecule has 332 valence electrons. The van der Waals surface area contributed by atoms with E-state index < -0.39 is 11.9 Å². The molecule has 0 fully saturated rings. The molecule has 0 N–H and O–H groups in total. The number of aliphatic carboxylic acids is 2. The van der Waals surface area contributed by atoms with Gasteiger partial charge in [0.1, 0.15) is 0 Å². The van der Waals surface area contributed by atoms with Crippen LogP contribution < -0.4 is 10.2 Å². The van der Waals surface area contributed by atoms with Crippen molar-refractivity contribution in [3.63, 3.8) is 0 Å². The van der Waals surface area contributed by atoms with Crippen molar-refractivity contribution in [1.29, 1.82) is 0 Å². The molecule has 0 heterocycles. The zero-order chi connectivity index (χ0) is 42.7. The van der Waals surface area contributed by atoms with Gasteiger partial charge in [-0.15, -0.1) is 0 Å². The summed E-state index contributed by atoms with van der Waals surface area (Å²) >= 11 is 0.00985. The fourth-order valence-electron chi connectivity index (χ4n) is 7.93. The maximum atomic E-state index is 11.4. The average molecular weight is 920 g/mol. The summed E-state index contributed by atoms with van der Waals surface area (Å²) in [5, 5.41) is 22.8. The summed E-state index contributed by atoms with van der Waals surface area (Å²) in [5.74, 6) is -2.97. The van der Waals surface area contributed by atoms with Crippen molar-refractivity contribution >= 4 is 33.1 Å². The summed E-state index contributed by atoms with van der Waals surface area (Å²) in [6, 6.07) is 17.6. The first-order valence-electron chi connectivity index (χ1n) is 24.9. The number of carboxylic acid groups (broad SMARTS) is 2. The molecule has 4 nitrogen and oxygen atoms in total. The van der Waals surface area contributed by atoms with E-state index in [0.717, 1.165) is 0 Å². The van der Waals surface area contributed by atoms with E-state index in [2.05, 4.69) is 13.8 Å². The molecular weight excluding hydrogens is 831 g/mol. The second-order valence-electron chi connectivity index (χ2n) is 17.2. The van der Waals surface area contributed by atoms with E-state index in [1.807, 2.05) is 0 Å². The van der Waals surface area contributed by atoms with Gasteiger partial charge in [0.25, 0.3) is 0 Å². The minimum absolute atomic E-state index is 0.00985. The summed E-state index contributed by atoms with van der Waals surface area (Å²) in [6.45, 7) is 4.62. The quantitative estimate of drug-likeness (QED) is 0.0379. The molecule has 0 unspecified atom stereocenters. The minimum atomic E-state index is -1.49. The first-order valence-corrected chi connectivity index (χ1v) is 29.0. The molecule has 2 aromatic rings. The summed E-state index contributed by atoms with van der Waals surface area (Å²) in [4.78, 5) is 22.8. The van der Waals surface area contributed by atoms with E-state index in [1.54, 1.807) is 82.4 Å². The molecule has 0 saturated heterocycles. The number of unbranched alkanes of at least 4 members (excludes halogenated alkanes) is 30. The molecule has 2 rings (SSSR count). The van der Waals surface area contributed by atoms with E-state index in [9.17, 15) is 19.8 Å². The van der Waals surface area contributed by atoms with Gasteiger partial charge in [-0.25, -0.2) is 0 Å². The Kier molecular flexibility index (Phi) is 39.7. The van der Waals surface area contributed by atoms with Crippen LogP contribution in [0.3, 0.4) is 0 Å². The van der Waals surface area contributed by atoms with Crippen molar-refractivity contribution in [3.8, 4) is 0 Å². The molecule has 0 amide bonds. The SMILES string of the molecule is CCCCCCCCCCCCCCCCC[CH2][Sn+2][CH2]CCCCCCCCCCCCCCCCC.O=C([O-])/C(Cc1ccccc1)=C(/Cc1ccccc1)C(=O)[O-]. The summed E-state index contributed by atoms with van der Waals surface area (Å²) in [6.07, 6.45) is 47.8. The van der Waals surface area contributed by atoms with Gasteiger partial charge in [-0.1, -0.05) is 139 Å². The topological polar surface area (TPSA) is 80.3 Å². The number of hydrogen-bond acceptors (Lipinski definition) is 4. The van der Waals surface area contributed by atoms with Gasteiger partial charge in [0.05, 0.1) is 11.9 Å². The number of hydrogen-bond donors (Lipinski definition) is 0. The molecule has 0 aliphatic heterocycles. The smallest absolute Gasteiger partial charge is 0.545 e. The van der Waals surface area contributed by atoms with Crippen LogP contribution in [-0.2, 0) is 22.4 Å². The van der Waals surface area contributed by atoms with Gasteiger partial charge in [-0.2, -0.15) is 0 Å². The van der Waals surface area contributed by atoms with Gasteiger partial charge in [-0.3, -0.25) is 0 Å². The second-order valence-corrected chi connectivity index (χ2v) is 21.5. The molecule has 0 aliphatic rings. The molecule has 59 heavy (non-hydrogen) atoms. The van der Waals surface area contributed by atoms with Crippen molar-refractivity contribution in [2.45, 2.75) is 241 Å². The summed E-state index contributed by atoms with van der Waals surface area (Å²) in [5.41, 5.74) is 0.895. The summed E-state index contributed by atoms with van der Waals surface area (Å²) in [7, 11) is 0. The zero-order valence-corrected chi connectivity index (χ0v) is 41.2. The Bertz CT molecular complexity index is 1150. The summed E-state index contributed by atoms with van der Waals surface area (Å²) < 4.78 is 3.33. The molecule has 0 saturated carbocycles. The molecule has 0 aliphatic carbocycles. The van der Waals surface area contributed by atoms with Gasteiger partial charge >= 0.3 is 171 Å². The normalized spacial score (nSPS) is 11.4. The van der Waals surface area contributed by atoms with Crippen LogP contribution >= 0.6 is 0 Å². The fraction of sp³-hybridized carbons (Fsp3) is 0.704. The third kappa shape index (κ3) is 35.2. The predicted molar refractivity (Wildman–Crippen MR) is 252 cm³/mol. The molecular formula is C54H88O4Sn. The van der Waals surface area contributed by atoms with Crippen molar-refractivity contribution in [2.24, 2.45) is 0 Å². The molecule has 0 radical (unpaired) electrons. The molecule has 0 atom stereocenters. The molecule has 2 aromatic carbocycles. The van der Waals surface area contributed by atoms with Crippen molar-refractivity contribution < 1.29 is 19.8 Å². The minimum Gasteiger partial charge on any atom is -0.545 e. The number of carboxylic acids is 2. The van der Waals surface area contributed by atoms with E-state index in [1.165, 1.54) is 193 Å². The third-order valence-corrected chi connectivity index (χ3v) is 15.8. The van der Waals surface area contributed by atoms with Crippen LogP contribution in [0.15, 0.2) is 71.8 Å². The van der Waals surface area contributed by atoms with Gasteiger partial charge in [0.2, 0.25) is 0 Å². The van der Waals surface area contributed by atoms with Gasteiger partial charge in [0.15, 0.2) is 0 Å². The van der Waals surface area contributed by atoms with E-state index >= 15 is 0 Å². The monoisotopic (exact) mass is 921 g/mol. The van der Waals surface area contributed by atoms with Crippen LogP contribution in [0.2, 0.25) is 8.87 Å². The van der Waals surface area contributed by atoms with E-state index in [4.69, 9.17) is 0 Å². The van der Waals surface area contributed by atoms with Crippen LogP contribution in [-0.4, -0.2) is 33.1 Å². The Morgan fingerprint density at radius 1 is 0.356 bits per heavy atom. The average Bonchev–Trinajstić information content (AvgIpc) is 3.24. The third-order valence-electron chi connectivity index (χ3n) is 11.7. The Hall–Kier alpha value is -2.08. The zero-order valence-electron chi connectivity index (χ0n) is 38.4. The number of carbonyl (C=O) groups is 2. The van der Waals surface area contributed by atoms with Gasteiger partial charge < -0.3 is 19.8 Å². The fourth-order valence-corrected chi connectivity index (χ4v) is 11.5. The number of rotatable bonds is 40.